The smallest absolute Gasteiger partial charge is 0.407 e. The predicted molar refractivity (Wildman–Crippen MR) is 154 cm³/mol. The van der Waals surface area contributed by atoms with E-state index in [1.807, 2.05) is 52.8 Å². The Morgan fingerprint density at radius 3 is 2.55 bits per heavy atom. The van der Waals surface area contributed by atoms with E-state index in [9.17, 15) is 9.59 Å². The lowest BCUT2D eigenvalue weighted by Gasteiger charge is -2.30. The third-order valence-corrected chi connectivity index (χ3v) is 7.31. The van der Waals surface area contributed by atoms with Crippen LogP contribution in [0.25, 0.3) is 0 Å². The standard InChI is InChI=1S/C30H40BrN3O4/c1-7-8-10-21-17-19(2)33-20(3)25(21)18-32-28(35)24-11-9-12-26(27(24)31)37-23-15-13-22(14-16-23)34-29(36)38-30(4,5)6/h7,9,11-12,17,22-23H,1,8,10,13-16,18H2,2-6H3,(H,32,35)(H,34,36)/t22-,23-. The summed E-state index contributed by atoms with van der Waals surface area (Å²) in [6.07, 6.45) is 6.48. The summed E-state index contributed by atoms with van der Waals surface area (Å²) in [7, 11) is 0. The van der Waals surface area contributed by atoms with Crippen LogP contribution in [0.3, 0.4) is 0 Å². The lowest BCUT2D eigenvalue weighted by molar-refractivity contribution is 0.0470. The molecule has 1 aliphatic rings. The van der Waals surface area contributed by atoms with Crippen LogP contribution in [-0.2, 0) is 17.7 Å². The Morgan fingerprint density at radius 2 is 1.89 bits per heavy atom. The van der Waals surface area contributed by atoms with Crippen molar-refractivity contribution < 1.29 is 19.1 Å². The van der Waals surface area contributed by atoms with Gasteiger partial charge in [-0.25, -0.2) is 4.79 Å². The van der Waals surface area contributed by atoms with Gasteiger partial charge in [-0.1, -0.05) is 12.1 Å². The number of allylic oxidation sites excluding steroid dienone is 1. The van der Waals surface area contributed by atoms with Gasteiger partial charge in [0.1, 0.15) is 11.4 Å². The number of aromatic nitrogens is 1. The van der Waals surface area contributed by atoms with Crippen LogP contribution in [-0.4, -0.2) is 34.7 Å². The molecule has 2 N–H and O–H groups in total. The summed E-state index contributed by atoms with van der Waals surface area (Å²) in [6.45, 7) is 13.8. The molecule has 1 heterocycles. The molecule has 0 atom stereocenters. The van der Waals surface area contributed by atoms with Crippen molar-refractivity contribution in [1.82, 2.24) is 15.6 Å². The second-order valence-corrected chi connectivity index (χ2v) is 11.6. The molecule has 1 aromatic carbocycles. The van der Waals surface area contributed by atoms with Crippen LogP contribution < -0.4 is 15.4 Å². The van der Waals surface area contributed by atoms with Crippen LogP contribution >= 0.6 is 15.9 Å². The lowest BCUT2D eigenvalue weighted by Crippen LogP contribution is -2.42. The summed E-state index contributed by atoms with van der Waals surface area (Å²) in [5.41, 5.74) is 4.14. The third kappa shape index (κ3) is 8.58. The highest BCUT2D eigenvalue weighted by atomic mass is 79.9. The molecule has 0 aliphatic heterocycles. The molecule has 3 rings (SSSR count). The summed E-state index contributed by atoms with van der Waals surface area (Å²) >= 11 is 3.60. The molecular weight excluding hydrogens is 546 g/mol. The number of nitrogens with zero attached hydrogens (tertiary/aromatic N) is 1. The number of pyridine rings is 1. The number of aryl methyl sites for hydroxylation is 3. The molecule has 206 valence electrons. The van der Waals surface area contributed by atoms with Crippen molar-refractivity contribution in [2.45, 2.75) is 97.4 Å². The first-order chi connectivity index (χ1) is 18.0. The van der Waals surface area contributed by atoms with E-state index >= 15 is 0 Å². The Balaban J connectivity index is 1.59. The maximum atomic E-state index is 13.1. The number of halogens is 1. The van der Waals surface area contributed by atoms with Crippen LogP contribution in [0.2, 0.25) is 0 Å². The molecular formula is C30H40BrN3O4. The van der Waals surface area contributed by atoms with E-state index < -0.39 is 5.60 Å². The van der Waals surface area contributed by atoms with Crippen molar-refractivity contribution in [1.29, 1.82) is 0 Å². The topological polar surface area (TPSA) is 89.5 Å². The number of rotatable bonds is 9. The highest BCUT2D eigenvalue weighted by Gasteiger charge is 2.26. The first kappa shape index (κ1) is 29.7. The fourth-order valence-electron chi connectivity index (χ4n) is 4.68. The number of alkyl carbamates (subject to hydrolysis) is 1. The zero-order valence-corrected chi connectivity index (χ0v) is 24.7. The van der Waals surface area contributed by atoms with Crippen molar-refractivity contribution in [3.8, 4) is 5.75 Å². The predicted octanol–water partition coefficient (Wildman–Crippen LogP) is 6.72. The largest absolute Gasteiger partial charge is 0.489 e. The van der Waals surface area contributed by atoms with Gasteiger partial charge in [0.15, 0.2) is 0 Å². The summed E-state index contributed by atoms with van der Waals surface area (Å²) in [5.74, 6) is 0.461. The highest BCUT2D eigenvalue weighted by Crippen LogP contribution is 2.32. The van der Waals surface area contributed by atoms with Gasteiger partial charge >= 0.3 is 6.09 Å². The normalized spacial score (nSPS) is 17.4. The van der Waals surface area contributed by atoms with Crippen molar-refractivity contribution >= 4 is 27.9 Å². The molecule has 1 aromatic heterocycles. The molecule has 1 fully saturated rings. The monoisotopic (exact) mass is 585 g/mol. The molecule has 0 spiro atoms. The maximum absolute atomic E-state index is 13.1. The molecule has 38 heavy (non-hydrogen) atoms. The Bertz CT molecular complexity index is 1150. The van der Waals surface area contributed by atoms with Crippen molar-refractivity contribution in [2.24, 2.45) is 0 Å². The minimum atomic E-state index is -0.516. The number of benzene rings is 1. The molecule has 0 saturated heterocycles. The number of carbonyl (C=O) groups excluding carboxylic acids is 2. The zero-order chi connectivity index (χ0) is 27.9. The van der Waals surface area contributed by atoms with E-state index in [2.05, 4.69) is 44.2 Å². The molecule has 0 radical (unpaired) electrons. The van der Waals surface area contributed by atoms with Crippen molar-refractivity contribution in [3.05, 3.63) is 69.5 Å². The highest BCUT2D eigenvalue weighted by molar-refractivity contribution is 9.10. The molecule has 1 aliphatic carbocycles. The van der Waals surface area contributed by atoms with Crippen LogP contribution in [0.4, 0.5) is 4.79 Å². The molecule has 0 unspecified atom stereocenters. The average molecular weight is 587 g/mol. The van der Waals surface area contributed by atoms with Gasteiger partial charge in [-0.2, -0.15) is 0 Å². The minimum absolute atomic E-state index is 0.00926. The number of nitrogens with one attached hydrogen (secondary N) is 2. The number of amides is 2. The maximum Gasteiger partial charge on any atom is 0.407 e. The fraction of sp³-hybridized carbons (Fsp3) is 0.500. The first-order valence-electron chi connectivity index (χ1n) is 13.3. The number of ether oxygens (including phenoxy) is 2. The molecule has 2 amide bonds. The fourth-order valence-corrected chi connectivity index (χ4v) is 5.22. The van der Waals surface area contributed by atoms with Crippen LogP contribution in [0.15, 0.2) is 41.4 Å². The number of carbonyl (C=O) groups is 2. The van der Waals surface area contributed by atoms with Gasteiger partial charge in [-0.3, -0.25) is 9.78 Å². The van der Waals surface area contributed by atoms with E-state index in [1.165, 1.54) is 5.56 Å². The van der Waals surface area contributed by atoms with Gasteiger partial charge in [0.05, 0.1) is 16.1 Å². The van der Waals surface area contributed by atoms with Gasteiger partial charge in [0, 0.05) is 24.0 Å². The van der Waals surface area contributed by atoms with Crippen LogP contribution in [0.5, 0.6) is 5.75 Å². The second-order valence-electron chi connectivity index (χ2n) is 10.9. The Kier molecular flexibility index (Phi) is 10.4. The quantitative estimate of drug-likeness (QED) is 0.319. The van der Waals surface area contributed by atoms with Gasteiger partial charge in [-0.15, -0.1) is 6.58 Å². The zero-order valence-electron chi connectivity index (χ0n) is 23.2. The lowest BCUT2D eigenvalue weighted by atomic mass is 9.93. The van der Waals surface area contributed by atoms with E-state index in [4.69, 9.17) is 9.47 Å². The van der Waals surface area contributed by atoms with E-state index in [1.54, 1.807) is 6.07 Å². The van der Waals surface area contributed by atoms with Gasteiger partial charge < -0.3 is 20.1 Å². The SMILES string of the molecule is C=CCCc1cc(C)nc(C)c1CNC(=O)c1cccc(O[C@H]2CC[C@H](NC(=O)OC(C)(C)C)CC2)c1Br. The van der Waals surface area contributed by atoms with Gasteiger partial charge in [0.25, 0.3) is 5.91 Å². The Morgan fingerprint density at radius 1 is 1.18 bits per heavy atom. The summed E-state index contributed by atoms with van der Waals surface area (Å²) in [6, 6.07) is 7.64. The minimum Gasteiger partial charge on any atom is -0.489 e. The molecule has 2 aromatic rings. The van der Waals surface area contributed by atoms with Gasteiger partial charge in [0.2, 0.25) is 0 Å². The van der Waals surface area contributed by atoms with E-state index in [0.717, 1.165) is 55.5 Å². The Hall–Kier alpha value is -2.87. The van der Waals surface area contributed by atoms with Crippen LogP contribution in [0, 0.1) is 13.8 Å². The van der Waals surface area contributed by atoms with Crippen LogP contribution in [0.1, 0.15) is 85.7 Å². The average Bonchev–Trinajstić information content (AvgIpc) is 2.83. The molecule has 1 saturated carbocycles. The second kappa shape index (κ2) is 13.3. The molecule has 0 bridgehead atoms. The van der Waals surface area contributed by atoms with Crippen molar-refractivity contribution in [2.75, 3.05) is 0 Å². The number of hydrogen-bond donors (Lipinski definition) is 2. The molecule has 7 nitrogen and oxygen atoms in total. The first-order valence-corrected chi connectivity index (χ1v) is 14.1. The van der Waals surface area contributed by atoms with Gasteiger partial charge in [-0.05, 0) is 118 Å². The summed E-state index contributed by atoms with van der Waals surface area (Å²) < 4.78 is 12.3. The molecule has 8 heteroatoms. The Labute approximate surface area is 234 Å². The number of hydrogen-bond acceptors (Lipinski definition) is 5. The summed E-state index contributed by atoms with van der Waals surface area (Å²) in [4.78, 5) is 29.8. The summed E-state index contributed by atoms with van der Waals surface area (Å²) in [5, 5.41) is 6.02. The van der Waals surface area contributed by atoms with E-state index in [-0.39, 0.29) is 24.1 Å². The van der Waals surface area contributed by atoms with E-state index in [0.29, 0.717) is 22.3 Å². The third-order valence-electron chi connectivity index (χ3n) is 6.49. The van der Waals surface area contributed by atoms with Crippen molar-refractivity contribution in [3.63, 3.8) is 0 Å².